The maximum Gasteiger partial charge on any atom is 0.160 e. The van der Waals surface area contributed by atoms with E-state index in [1.807, 2.05) is 24.3 Å². The van der Waals surface area contributed by atoms with Gasteiger partial charge in [-0.25, -0.2) is 0 Å². The molecule has 0 spiro atoms. The zero-order valence-corrected chi connectivity index (χ0v) is 18.0. The van der Waals surface area contributed by atoms with Crippen LogP contribution >= 0.6 is 22.7 Å². The summed E-state index contributed by atoms with van der Waals surface area (Å²) < 4.78 is 0. The van der Waals surface area contributed by atoms with Crippen LogP contribution in [-0.2, 0) is 6.42 Å². The van der Waals surface area contributed by atoms with Crippen molar-refractivity contribution in [2.45, 2.75) is 6.42 Å². The number of thiophene rings is 2. The molecule has 4 aromatic rings. The molecule has 0 bridgehead atoms. The molecule has 0 N–H and O–H groups in total. The highest BCUT2D eigenvalue weighted by molar-refractivity contribution is 7.15. The van der Waals surface area contributed by atoms with Crippen molar-refractivity contribution in [2.75, 3.05) is 0 Å². The lowest BCUT2D eigenvalue weighted by Crippen LogP contribution is -1.80. The second-order valence-electron chi connectivity index (χ2n) is 7.09. The standard InChI is InChI=1S/C25H16N2O2S2/c28-14-22-5-3-20(30-22)12-26-18-1-7-24-16(10-18)9-17-11-19(2-8-25(17)24)27-13-21-4-6-23(15-29)31-21/h1-8,10-15H,9H2/b26-12+,27-13+. The Morgan fingerprint density at radius 2 is 1.06 bits per heavy atom. The minimum Gasteiger partial charge on any atom is -0.297 e. The molecule has 0 amide bonds. The molecule has 2 heterocycles. The van der Waals surface area contributed by atoms with Crippen LogP contribution in [0, 0.1) is 0 Å². The quantitative estimate of drug-likeness (QED) is 0.223. The van der Waals surface area contributed by atoms with E-state index in [-0.39, 0.29) is 0 Å². The Labute approximate surface area is 187 Å². The fourth-order valence-electron chi connectivity index (χ4n) is 3.62. The first kappa shape index (κ1) is 19.5. The number of rotatable bonds is 6. The van der Waals surface area contributed by atoms with Crippen molar-refractivity contribution in [3.63, 3.8) is 0 Å². The smallest absolute Gasteiger partial charge is 0.160 e. The topological polar surface area (TPSA) is 58.9 Å². The fourth-order valence-corrected chi connectivity index (χ4v) is 5.02. The van der Waals surface area contributed by atoms with Gasteiger partial charge in [-0.3, -0.25) is 19.6 Å². The molecule has 0 saturated carbocycles. The van der Waals surface area contributed by atoms with Crippen LogP contribution in [0.5, 0.6) is 0 Å². The predicted octanol–water partition coefficient (Wildman–Crippen LogP) is 6.51. The van der Waals surface area contributed by atoms with Crippen LogP contribution in [0.3, 0.4) is 0 Å². The van der Waals surface area contributed by atoms with E-state index in [2.05, 4.69) is 34.3 Å². The zero-order chi connectivity index (χ0) is 21.2. The molecular formula is C25H16N2O2S2. The average Bonchev–Trinajstić information content (AvgIpc) is 3.53. The minimum absolute atomic E-state index is 0.701. The fraction of sp³-hybridized carbons (Fsp3) is 0.0400. The van der Waals surface area contributed by atoms with Crippen molar-refractivity contribution in [1.82, 2.24) is 0 Å². The average molecular weight is 441 g/mol. The van der Waals surface area contributed by atoms with Gasteiger partial charge in [0, 0.05) is 22.2 Å². The summed E-state index contributed by atoms with van der Waals surface area (Å²) in [6, 6.07) is 19.9. The minimum atomic E-state index is 0.701. The Kier molecular flexibility index (Phi) is 5.24. The third-order valence-corrected chi connectivity index (χ3v) is 6.95. The van der Waals surface area contributed by atoms with Gasteiger partial charge in [0.25, 0.3) is 0 Å². The first-order valence-electron chi connectivity index (χ1n) is 9.66. The van der Waals surface area contributed by atoms with Crippen LogP contribution < -0.4 is 0 Å². The summed E-state index contributed by atoms with van der Waals surface area (Å²) in [7, 11) is 0. The molecule has 0 radical (unpaired) electrons. The van der Waals surface area contributed by atoms with Gasteiger partial charge in [0.1, 0.15) is 0 Å². The first-order chi connectivity index (χ1) is 15.2. The van der Waals surface area contributed by atoms with Gasteiger partial charge >= 0.3 is 0 Å². The summed E-state index contributed by atoms with van der Waals surface area (Å²) in [6.45, 7) is 0. The molecule has 6 heteroatoms. The molecule has 150 valence electrons. The summed E-state index contributed by atoms with van der Waals surface area (Å²) in [6.07, 6.45) is 6.16. The van der Waals surface area contributed by atoms with Gasteiger partial charge in [-0.2, -0.15) is 0 Å². The van der Waals surface area contributed by atoms with E-state index in [4.69, 9.17) is 0 Å². The number of carbonyl (C=O) groups excluding carboxylic acids is 2. The third-order valence-electron chi connectivity index (χ3n) is 5.06. The Bertz CT molecular complexity index is 1260. The van der Waals surface area contributed by atoms with E-state index in [9.17, 15) is 9.59 Å². The largest absolute Gasteiger partial charge is 0.297 e. The number of aldehydes is 2. The van der Waals surface area contributed by atoms with Crippen molar-refractivity contribution < 1.29 is 9.59 Å². The van der Waals surface area contributed by atoms with Crippen molar-refractivity contribution in [2.24, 2.45) is 9.98 Å². The van der Waals surface area contributed by atoms with Crippen LogP contribution in [0.25, 0.3) is 11.1 Å². The van der Waals surface area contributed by atoms with Crippen molar-refractivity contribution in [3.8, 4) is 11.1 Å². The second-order valence-corrected chi connectivity index (χ2v) is 9.39. The SMILES string of the molecule is O=Cc1ccc(/C=N/c2ccc3c(c2)Cc2cc(/N=C/c4ccc(C=O)s4)ccc2-3)s1. The van der Waals surface area contributed by atoms with Gasteiger partial charge in [-0.05, 0) is 77.2 Å². The molecule has 0 aliphatic heterocycles. The normalized spacial score (nSPS) is 12.4. The number of benzene rings is 2. The second kappa shape index (κ2) is 8.34. The molecule has 2 aromatic heterocycles. The number of nitrogens with zero attached hydrogens (tertiary/aromatic N) is 2. The Hall–Kier alpha value is -3.48. The number of hydrogen-bond acceptors (Lipinski definition) is 6. The van der Waals surface area contributed by atoms with E-state index in [0.29, 0.717) is 9.75 Å². The van der Waals surface area contributed by atoms with Crippen molar-refractivity contribution >= 4 is 59.0 Å². The van der Waals surface area contributed by atoms with E-state index in [1.54, 1.807) is 24.6 Å². The van der Waals surface area contributed by atoms with Crippen molar-refractivity contribution in [3.05, 3.63) is 91.3 Å². The molecule has 4 nitrogen and oxygen atoms in total. The monoisotopic (exact) mass is 440 g/mol. The lowest BCUT2D eigenvalue weighted by atomic mass is 10.1. The van der Waals surface area contributed by atoms with Crippen molar-refractivity contribution in [1.29, 1.82) is 0 Å². The van der Waals surface area contributed by atoms with Gasteiger partial charge in [-0.1, -0.05) is 12.1 Å². The molecule has 0 fully saturated rings. The number of carbonyl (C=O) groups is 2. The van der Waals surface area contributed by atoms with Gasteiger partial charge in [0.15, 0.2) is 12.6 Å². The number of hydrogen-bond donors (Lipinski definition) is 0. The van der Waals surface area contributed by atoms with Crippen LogP contribution in [0.15, 0.2) is 70.6 Å². The molecule has 0 atom stereocenters. The Morgan fingerprint density at radius 1 is 0.613 bits per heavy atom. The van der Waals surface area contributed by atoms with Gasteiger partial charge in [0.05, 0.1) is 21.1 Å². The number of aliphatic imine (C=N–C) groups is 2. The maximum atomic E-state index is 10.8. The van der Waals surface area contributed by atoms with Gasteiger partial charge < -0.3 is 0 Å². The Morgan fingerprint density at radius 3 is 1.48 bits per heavy atom. The van der Waals surface area contributed by atoms with E-state index in [0.717, 1.165) is 40.1 Å². The van der Waals surface area contributed by atoms with Crippen LogP contribution in [-0.4, -0.2) is 25.0 Å². The molecule has 0 unspecified atom stereocenters. The van der Waals surface area contributed by atoms with E-state index < -0.39 is 0 Å². The van der Waals surface area contributed by atoms with E-state index >= 15 is 0 Å². The highest BCUT2D eigenvalue weighted by atomic mass is 32.1. The van der Waals surface area contributed by atoms with Crippen LogP contribution in [0.2, 0.25) is 0 Å². The lowest BCUT2D eigenvalue weighted by molar-refractivity contribution is 0.111. The highest BCUT2D eigenvalue weighted by Crippen LogP contribution is 2.40. The van der Waals surface area contributed by atoms with Gasteiger partial charge in [0.2, 0.25) is 0 Å². The Balaban J connectivity index is 1.35. The molecule has 2 aromatic carbocycles. The molecule has 0 saturated heterocycles. The summed E-state index contributed by atoms with van der Waals surface area (Å²) in [5.41, 5.74) is 6.76. The molecule has 1 aliphatic rings. The summed E-state index contributed by atoms with van der Waals surface area (Å²) >= 11 is 2.85. The highest BCUT2D eigenvalue weighted by Gasteiger charge is 2.18. The van der Waals surface area contributed by atoms with Gasteiger partial charge in [-0.15, -0.1) is 22.7 Å². The molecule has 1 aliphatic carbocycles. The summed E-state index contributed by atoms with van der Waals surface area (Å²) in [5, 5.41) is 0. The van der Waals surface area contributed by atoms with Crippen LogP contribution in [0.1, 0.15) is 40.2 Å². The maximum absolute atomic E-state index is 10.8. The molecule has 31 heavy (non-hydrogen) atoms. The molecular weight excluding hydrogens is 424 g/mol. The third kappa shape index (κ3) is 4.08. The number of fused-ring (bicyclic) bond motifs is 3. The lowest BCUT2D eigenvalue weighted by Gasteiger charge is -2.02. The molecule has 5 rings (SSSR count). The van der Waals surface area contributed by atoms with Crippen LogP contribution in [0.4, 0.5) is 11.4 Å². The predicted molar refractivity (Wildman–Crippen MR) is 129 cm³/mol. The summed E-state index contributed by atoms with van der Waals surface area (Å²) in [4.78, 5) is 34.1. The summed E-state index contributed by atoms with van der Waals surface area (Å²) in [5.74, 6) is 0. The van der Waals surface area contributed by atoms with E-state index in [1.165, 1.54) is 44.9 Å². The zero-order valence-electron chi connectivity index (χ0n) is 16.3. The first-order valence-corrected chi connectivity index (χ1v) is 11.3.